The SMILES string of the molecule is Cc1ccc(-c2csc(NC(=O)c3nc4ccc(F)cc4s3)c2C(=O)O)c(F)c1. The molecule has 146 valence electrons. The molecule has 4 aromatic rings. The number of aryl methyl sites for hydroxylation is 1. The first-order valence-electron chi connectivity index (χ1n) is 8.32. The summed E-state index contributed by atoms with van der Waals surface area (Å²) in [5.41, 5.74) is 1.30. The van der Waals surface area contributed by atoms with E-state index >= 15 is 0 Å². The Morgan fingerprint density at radius 3 is 2.62 bits per heavy atom. The van der Waals surface area contributed by atoms with E-state index in [1.807, 2.05) is 0 Å². The first kappa shape index (κ1) is 19.2. The Morgan fingerprint density at radius 2 is 1.90 bits per heavy atom. The van der Waals surface area contributed by atoms with Crippen LogP contribution >= 0.6 is 22.7 Å². The molecule has 9 heteroatoms. The number of thiazole rings is 1. The molecule has 0 saturated heterocycles. The summed E-state index contributed by atoms with van der Waals surface area (Å²) in [6, 6.07) is 8.48. The number of halogens is 2. The smallest absolute Gasteiger partial charge is 0.339 e. The minimum absolute atomic E-state index is 0.0680. The maximum absolute atomic E-state index is 14.4. The average Bonchev–Trinajstić information content (AvgIpc) is 3.25. The summed E-state index contributed by atoms with van der Waals surface area (Å²) in [7, 11) is 0. The van der Waals surface area contributed by atoms with Crippen molar-refractivity contribution in [2.75, 3.05) is 5.32 Å². The summed E-state index contributed by atoms with van der Waals surface area (Å²) in [5.74, 6) is -2.89. The van der Waals surface area contributed by atoms with Crippen LogP contribution in [0.1, 0.15) is 25.7 Å². The maximum atomic E-state index is 14.4. The van der Waals surface area contributed by atoms with Crippen LogP contribution in [-0.2, 0) is 0 Å². The lowest BCUT2D eigenvalue weighted by molar-refractivity contribution is 0.0699. The Bertz CT molecular complexity index is 1280. The number of hydrogen-bond acceptors (Lipinski definition) is 5. The number of hydrogen-bond donors (Lipinski definition) is 2. The van der Waals surface area contributed by atoms with Gasteiger partial charge in [0.2, 0.25) is 0 Å². The van der Waals surface area contributed by atoms with E-state index in [9.17, 15) is 23.5 Å². The Balaban J connectivity index is 1.70. The molecule has 2 heterocycles. The molecule has 0 aliphatic heterocycles. The van der Waals surface area contributed by atoms with E-state index in [0.29, 0.717) is 15.8 Å². The summed E-state index contributed by atoms with van der Waals surface area (Å²) < 4.78 is 28.2. The fourth-order valence-electron chi connectivity index (χ4n) is 2.85. The second kappa shape index (κ2) is 7.34. The van der Waals surface area contributed by atoms with Crippen LogP contribution in [-0.4, -0.2) is 22.0 Å². The van der Waals surface area contributed by atoms with Crippen molar-refractivity contribution in [3.8, 4) is 11.1 Å². The van der Waals surface area contributed by atoms with Gasteiger partial charge in [0.25, 0.3) is 5.91 Å². The highest BCUT2D eigenvalue weighted by molar-refractivity contribution is 7.20. The predicted molar refractivity (Wildman–Crippen MR) is 109 cm³/mol. The zero-order valence-corrected chi connectivity index (χ0v) is 16.5. The number of aromatic carboxylic acids is 1. The third-order valence-electron chi connectivity index (χ3n) is 4.19. The Morgan fingerprint density at radius 1 is 1.10 bits per heavy atom. The number of fused-ring (bicyclic) bond motifs is 1. The average molecular weight is 430 g/mol. The molecule has 0 saturated carbocycles. The van der Waals surface area contributed by atoms with Gasteiger partial charge in [-0.25, -0.2) is 18.6 Å². The van der Waals surface area contributed by atoms with E-state index in [1.165, 1.54) is 35.7 Å². The van der Waals surface area contributed by atoms with Crippen molar-refractivity contribution < 1.29 is 23.5 Å². The third kappa shape index (κ3) is 3.62. The lowest BCUT2D eigenvalue weighted by Gasteiger charge is -2.06. The van der Waals surface area contributed by atoms with Gasteiger partial charge in [-0.05, 0) is 36.8 Å². The van der Waals surface area contributed by atoms with E-state index in [0.717, 1.165) is 22.7 Å². The number of benzene rings is 2. The van der Waals surface area contributed by atoms with Crippen LogP contribution in [0.5, 0.6) is 0 Å². The molecule has 29 heavy (non-hydrogen) atoms. The summed E-state index contributed by atoms with van der Waals surface area (Å²) >= 11 is 1.98. The molecule has 5 nitrogen and oxygen atoms in total. The molecule has 0 unspecified atom stereocenters. The highest BCUT2D eigenvalue weighted by Crippen LogP contribution is 2.37. The number of rotatable bonds is 4. The molecule has 2 N–H and O–H groups in total. The standard InChI is InChI=1S/C20H12F2N2O3S2/c1-9-2-4-11(13(22)6-9)12-8-28-18(16(12)20(26)27)24-17(25)19-23-14-5-3-10(21)7-15(14)29-19/h2-8H,1H3,(H,24,25)(H,26,27). The molecule has 1 amide bonds. The van der Waals surface area contributed by atoms with Gasteiger partial charge in [-0.1, -0.05) is 12.1 Å². The number of amides is 1. The second-order valence-electron chi connectivity index (χ2n) is 6.23. The maximum Gasteiger partial charge on any atom is 0.339 e. The highest BCUT2D eigenvalue weighted by atomic mass is 32.1. The molecule has 2 aromatic heterocycles. The molecule has 0 radical (unpaired) electrons. The molecule has 0 bridgehead atoms. The molecule has 0 fully saturated rings. The molecular formula is C20H12F2N2O3S2. The van der Waals surface area contributed by atoms with Crippen molar-refractivity contribution in [3.63, 3.8) is 0 Å². The monoisotopic (exact) mass is 430 g/mol. The number of nitrogens with zero attached hydrogens (tertiary/aromatic N) is 1. The summed E-state index contributed by atoms with van der Waals surface area (Å²) in [6.45, 7) is 1.73. The van der Waals surface area contributed by atoms with Crippen LogP contribution in [0.25, 0.3) is 21.3 Å². The number of carboxylic acid groups (broad SMARTS) is 1. The summed E-state index contributed by atoms with van der Waals surface area (Å²) in [4.78, 5) is 28.6. The number of carbonyl (C=O) groups is 2. The van der Waals surface area contributed by atoms with Gasteiger partial charge in [0, 0.05) is 16.5 Å². The number of nitrogens with one attached hydrogen (secondary N) is 1. The quantitative estimate of drug-likeness (QED) is 0.444. The molecule has 2 aromatic carbocycles. The predicted octanol–water partition coefficient (Wildman–Crippen LogP) is 5.56. The van der Waals surface area contributed by atoms with E-state index in [-0.39, 0.29) is 26.7 Å². The summed E-state index contributed by atoms with van der Waals surface area (Å²) in [5, 5.41) is 13.8. The van der Waals surface area contributed by atoms with Crippen molar-refractivity contribution >= 4 is 49.8 Å². The van der Waals surface area contributed by atoms with E-state index < -0.39 is 23.5 Å². The van der Waals surface area contributed by atoms with Crippen LogP contribution in [0.15, 0.2) is 41.8 Å². The Kier molecular flexibility index (Phi) is 4.85. The van der Waals surface area contributed by atoms with Gasteiger partial charge in [-0.3, -0.25) is 4.79 Å². The fraction of sp³-hybridized carbons (Fsp3) is 0.0500. The first-order chi connectivity index (χ1) is 13.8. The summed E-state index contributed by atoms with van der Waals surface area (Å²) in [6.07, 6.45) is 0. The largest absolute Gasteiger partial charge is 0.478 e. The molecular weight excluding hydrogens is 418 g/mol. The van der Waals surface area contributed by atoms with E-state index in [1.54, 1.807) is 13.0 Å². The van der Waals surface area contributed by atoms with Crippen molar-refractivity contribution in [3.05, 3.63) is 69.5 Å². The molecule has 0 aliphatic rings. The number of aromatic nitrogens is 1. The van der Waals surface area contributed by atoms with Crippen LogP contribution in [0, 0.1) is 18.6 Å². The lowest BCUT2D eigenvalue weighted by Crippen LogP contribution is -2.13. The van der Waals surface area contributed by atoms with Crippen LogP contribution in [0.3, 0.4) is 0 Å². The van der Waals surface area contributed by atoms with Crippen LogP contribution < -0.4 is 5.32 Å². The number of anilines is 1. The van der Waals surface area contributed by atoms with Gasteiger partial charge in [0.05, 0.1) is 10.2 Å². The molecule has 4 rings (SSSR count). The normalized spacial score (nSPS) is 11.0. The van der Waals surface area contributed by atoms with Gasteiger partial charge in [0.1, 0.15) is 22.2 Å². The Labute approximate surface area is 171 Å². The van der Waals surface area contributed by atoms with Gasteiger partial charge in [-0.2, -0.15) is 0 Å². The Hall–Kier alpha value is -3.17. The number of carboxylic acids is 1. The minimum Gasteiger partial charge on any atom is -0.478 e. The van der Waals surface area contributed by atoms with Crippen molar-refractivity contribution in [2.45, 2.75) is 6.92 Å². The topological polar surface area (TPSA) is 79.3 Å². The van der Waals surface area contributed by atoms with Crippen molar-refractivity contribution in [2.24, 2.45) is 0 Å². The van der Waals surface area contributed by atoms with Gasteiger partial charge >= 0.3 is 5.97 Å². The van der Waals surface area contributed by atoms with Gasteiger partial charge in [0.15, 0.2) is 5.01 Å². The van der Waals surface area contributed by atoms with Crippen LogP contribution in [0.2, 0.25) is 0 Å². The van der Waals surface area contributed by atoms with Crippen molar-refractivity contribution in [1.82, 2.24) is 4.98 Å². The van der Waals surface area contributed by atoms with Crippen molar-refractivity contribution in [1.29, 1.82) is 0 Å². The number of thiophene rings is 1. The van der Waals surface area contributed by atoms with Gasteiger partial charge in [-0.15, -0.1) is 22.7 Å². The molecule has 0 spiro atoms. The van der Waals surface area contributed by atoms with E-state index in [4.69, 9.17) is 0 Å². The van der Waals surface area contributed by atoms with Gasteiger partial charge < -0.3 is 10.4 Å². The number of carbonyl (C=O) groups excluding carboxylic acids is 1. The molecule has 0 atom stereocenters. The third-order valence-corrected chi connectivity index (χ3v) is 6.10. The minimum atomic E-state index is -1.29. The van der Waals surface area contributed by atoms with E-state index in [2.05, 4.69) is 10.3 Å². The first-order valence-corrected chi connectivity index (χ1v) is 10.0. The zero-order chi connectivity index (χ0) is 20.7. The molecule has 0 aliphatic carbocycles. The zero-order valence-electron chi connectivity index (χ0n) is 14.8. The van der Waals surface area contributed by atoms with Crippen LogP contribution in [0.4, 0.5) is 13.8 Å². The highest BCUT2D eigenvalue weighted by Gasteiger charge is 2.24. The lowest BCUT2D eigenvalue weighted by atomic mass is 10.0. The second-order valence-corrected chi connectivity index (χ2v) is 8.14. The fourth-order valence-corrected chi connectivity index (χ4v) is 4.68.